The number of hydrogen-bond acceptors (Lipinski definition) is 4. The first-order valence-corrected chi connectivity index (χ1v) is 44.0. The zero-order valence-corrected chi connectivity index (χ0v) is 71.5. The summed E-state index contributed by atoms with van der Waals surface area (Å²) in [6.07, 6.45) is 56.3. The van der Waals surface area contributed by atoms with Crippen molar-refractivity contribution in [3.05, 3.63) is 198 Å². The molecule has 4 aromatic heterocycles. The van der Waals surface area contributed by atoms with Crippen molar-refractivity contribution in [2.75, 3.05) is 0 Å². The number of halogens is 3. The number of pyridine rings is 1. The Morgan fingerprint density at radius 1 is 0.391 bits per heavy atom. The van der Waals surface area contributed by atoms with Crippen LogP contribution in [0.15, 0.2) is 145 Å². The van der Waals surface area contributed by atoms with Gasteiger partial charge in [0, 0.05) is 43.0 Å². The normalized spacial score (nSPS) is 14.4. The molecule has 0 unspecified atom stereocenters. The van der Waals surface area contributed by atoms with Crippen LogP contribution in [0.4, 0.5) is 8.78 Å². The fourth-order valence-electron chi connectivity index (χ4n) is 11.8. The van der Waals surface area contributed by atoms with E-state index in [4.69, 9.17) is 11.6 Å². The molecule has 7 aliphatic carbocycles. The lowest BCUT2D eigenvalue weighted by molar-refractivity contribution is 0.0174. The van der Waals surface area contributed by atoms with Crippen molar-refractivity contribution in [3.63, 3.8) is 0 Å². The molecule has 0 bridgehead atoms. The van der Waals surface area contributed by atoms with Crippen molar-refractivity contribution in [2.45, 2.75) is 437 Å². The van der Waals surface area contributed by atoms with Gasteiger partial charge in [-0.05, 0) is 162 Å². The minimum atomic E-state index is -2.72. The van der Waals surface area contributed by atoms with E-state index in [2.05, 4.69) is 185 Å². The summed E-state index contributed by atoms with van der Waals surface area (Å²) in [5.74, 6) is 4.82. The van der Waals surface area contributed by atoms with Crippen LogP contribution in [0, 0.1) is 48.3 Å². The average Bonchev–Trinajstić information content (AvgIpc) is 1.79. The maximum absolute atomic E-state index is 12.7. The van der Waals surface area contributed by atoms with Gasteiger partial charge in [0.1, 0.15) is 0 Å². The predicted octanol–water partition coefficient (Wildman–Crippen LogP) is 39.5. The Balaban J connectivity index is -0.0000000990. The third-order valence-corrected chi connectivity index (χ3v) is 22.7. The first-order chi connectivity index (χ1) is 49.7. The van der Waals surface area contributed by atoms with E-state index in [0.717, 1.165) is 102 Å². The maximum atomic E-state index is 12.7. The maximum Gasteiger partial charge on any atom is 0.270 e. The molecule has 7 aliphatic rings. The molecule has 0 aliphatic heterocycles. The highest BCUT2D eigenvalue weighted by atomic mass is 35.5. The van der Waals surface area contributed by atoms with Crippen LogP contribution >= 0.6 is 34.3 Å². The molecule has 115 heavy (non-hydrogen) atoms. The molecule has 678 valence electrons. The highest BCUT2D eigenvalue weighted by molar-refractivity contribution is 7.16. The number of rotatable bonds is 11. The Morgan fingerprint density at radius 3 is 0.965 bits per heavy atom. The molecular formula is C107H202ClF2N3S2. The molecule has 3 aromatic carbocycles. The van der Waals surface area contributed by atoms with Gasteiger partial charge in [-0.1, -0.05) is 474 Å². The monoisotopic (exact) mass is 1670 g/mol. The smallest absolute Gasteiger partial charge is 0.270 e. The van der Waals surface area contributed by atoms with Gasteiger partial charge in [-0.15, -0.1) is 11.3 Å². The van der Waals surface area contributed by atoms with Gasteiger partial charge in [0.05, 0.1) is 10.0 Å². The summed E-state index contributed by atoms with van der Waals surface area (Å²) in [5, 5.41) is 8.44. The summed E-state index contributed by atoms with van der Waals surface area (Å²) < 4.78 is 28.1. The van der Waals surface area contributed by atoms with E-state index in [1.165, 1.54) is 237 Å². The Morgan fingerprint density at radius 2 is 0.765 bits per heavy atom. The molecule has 8 heteroatoms. The van der Waals surface area contributed by atoms with Crippen molar-refractivity contribution in [1.29, 1.82) is 0 Å². The minimum Gasteiger partial charge on any atom is -0.276 e. The highest BCUT2D eigenvalue weighted by Gasteiger charge is 2.23. The van der Waals surface area contributed by atoms with Gasteiger partial charge in [-0.2, -0.15) is 16.4 Å². The summed E-state index contributed by atoms with van der Waals surface area (Å²) in [4.78, 5) is 5.31. The molecular weight excluding hydrogens is 1460 g/mol. The summed E-state index contributed by atoms with van der Waals surface area (Å²) in [6.45, 7) is 34.1. The first-order valence-electron chi connectivity index (χ1n) is 41.9. The Hall–Kier alpha value is -4.43. The lowest BCUT2D eigenvalue weighted by Crippen LogP contribution is -2.06. The van der Waals surface area contributed by atoms with E-state index in [1.807, 2.05) is 55.3 Å². The van der Waals surface area contributed by atoms with Crippen LogP contribution in [0.3, 0.4) is 0 Å². The van der Waals surface area contributed by atoms with E-state index in [1.54, 1.807) is 41.0 Å². The van der Waals surface area contributed by atoms with Crippen LogP contribution in [0.2, 0.25) is 4.34 Å². The number of aromatic nitrogens is 3. The summed E-state index contributed by atoms with van der Waals surface area (Å²) in [5.41, 5.74) is 9.24. The molecule has 0 saturated heterocycles. The second-order valence-corrected chi connectivity index (χ2v) is 32.8. The fourth-order valence-corrected chi connectivity index (χ4v) is 13.6. The van der Waals surface area contributed by atoms with Crippen LogP contribution in [0.25, 0.3) is 0 Å². The molecule has 7 saturated carbocycles. The number of thiophene rings is 2. The van der Waals surface area contributed by atoms with E-state index in [0.29, 0.717) is 0 Å². The quantitative estimate of drug-likeness (QED) is 0.129. The van der Waals surface area contributed by atoms with Crippen LogP contribution in [-0.4, -0.2) is 14.8 Å². The zero-order valence-electron chi connectivity index (χ0n) is 69.1. The van der Waals surface area contributed by atoms with E-state index >= 15 is 0 Å². The van der Waals surface area contributed by atoms with Gasteiger partial charge in [-0.25, -0.2) is 8.78 Å². The zero-order chi connectivity index (χ0) is 76.1. The summed E-state index contributed by atoms with van der Waals surface area (Å²) in [6, 6.07) is 37.8. The molecule has 7 fully saturated rings. The molecule has 0 spiro atoms. The molecule has 0 N–H and O–H groups in total. The van der Waals surface area contributed by atoms with Crippen molar-refractivity contribution in [3.8, 4) is 0 Å². The second kappa shape index (κ2) is 90.3. The number of alkyl halides is 2. The van der Waals surface area contributed by atoms with Crippen molar-refractivity contribution >= 4 is 34.3 Å². The van der Waals surface area contributed by atoms with Crippen molar-refractivity contribution < 1.29 is 8.78 Å². The SMILES string of the molecule is C.C.C.C.C.C.C.C.C.C.C.C.CC1CC1.CC1CCC1.CC1CCCC1.CC1CCCCC1.CCC1CC1.CCC1CCCCC1.CCC1CCCCC1.CCc1ccc(C(C)(F)F)cc1.CCc1ccc(C)cc1.CCc1ccc(Cl)s1.CCc1ccccc1.CCc1cccnc1.CCc1ccn(C)n1.CCc1ccsc1. The largest absolute Gasteiger partial charge is 0.276 e. The van der Waals surface area contributed by atoms with Crippen LogP contribution < -0.4 is 0 Å². The van der Waals surface area contributed by atoms with Crippen LogP contribution in [0.5, 0.6) is 0 Å². The lowest BCUT2D eigenvalue weighted by Gasteiger charge is -2.18. The van der Waals surface area contributed by atoms with Crippen molar-refractivity contribution in [1.82, 2.24) is 14.8 Å². The molecule has 0 atom stereocenters. The Labute approximate surface area is 736 Å². The van der Waals surface area contributed by atoms with Gasteiger partial charge in [0.15, 0.2) is 0 Å². The van der Waals surface area contributed by atoms with Gasteiger partial charge >= 0.3 is 0 Å². The third kappa shape index (κ3) is 80.4. The van der Waals surface area contributed by atoms with Gasteiger partial charge in [0.25, 0.3) is 5.92 Å². The molecule has 4 heterocycles. The van der Waals surface area contributed by atoms with Crippen LogP contribution in [-0.2, 0) is 57.9 Å². The first kappa shape index (κ1) is 137. The number of hydrogen-bond donors (Lipinski definition) is 0. The van der Waals surface area contributed by atoms with Gasteiger partial charge < -0.3 is 0 Å². The third-order valence-electron chi connectivity index (χ3n) is 20.6. The fraction of sp³-hybridized carbons (Fsp3) is 0.682. The summed E-state index contributed by atoms with van der Waals surface area (Å²) in [7, 11) is 1.93. The molecule has 0 radical (unpaired) electrons. The summed E-state index contributed by atoms with van der Waals surface area (Å²) >= 11 is 9.08. The second-order valence-electron chi connectivity index (χ2n) is 30.2. The number of benzene rings is 3. The van der Waals surface area contributed by atoms with Gasteiger partial charge in [-0.3, -0.25) is 9.67 Å². The lowest BCUT2D eigenvalue weighted by atomic mass is 9.88. The molecule has 0 amide bonds. The minimum absolute atomic E-state index is 0. The Kier molecular flexibility index (Phi) is 107. The topological polar surface area (TPSA) is 30.7 Å². The highest BCUT2D eigenvalue weighted by Crippen LogP contribution is 2.32. The standard InChI is InChI=1S/C10H12F2.C9H12.2C8H16.C8H10.C7H9N.C7H14.C6H7ClS.C6H10N2.C6H8S.C6H12.2C5H10.C4H8.12CH4/c1-3-8-4-6-9(7-5-8)10(2,11)12;1-3-9-6-4-8(2)5-7-9;3*1-2-8-6-4-3-5-7-8;1-2-7-4-3-5-8-6-7;1-7-5-3-2-4-6-7;1-2-5-3-4-6(7)8-5;1-3-6-4-5-8(2)7-6;1-2-6-3-4-7-5-6;1-6-4-2-3-5-6;1-5-3-2-4-5;1-2-5-3-4-5;1-4-2-3-4;;;;;;;;;;;;/h4-7H,3H2,1-2H3;4-7H,3H2,1-2H3;2*8H,2-7H2,1H3;3-7H,2H2,1H3;3-6H,2H2,1H3;7H,2-6H2,1H3;3-4H,2H2,1H3;4-5H,3H2,1-2H3;3-5H,2H2,1H3;6H,2-5H2,1H3;2*5H,2-4H2,1H3;4H,2-3H2,1H3;12*1H4. The molecule has 3 nitrogen and oxygen atoms in total. The van der Waals surface area contributed by atoms with E-state index < -0.39 is 5.92 Å². The number of nitrogens with zero attached hydrogens (tertiary/aromatic N) is 3. The molecule has 7 aromatic rings. The molecule has 14 rings (SSSR count). The number of aryl methyl sites for hydroxylation is 9. The van der Waals surface area contributed by atoms with Crippen molar-refractivity contribution in [2.24, 2.45) is 48.5 Å². The van der Waals surface area contributed by atoms with E-state index in [-0.39, 0.29) is 94.7 Å². The Bertz CT molecular complexity index is 2760. The predicted molar refractivity (Wildman–Crippen MR) is 539 cm³/mol. The average molecular weight is 1670 g/mol. The van der Waals surface area contributed by atoms with Crippen LogP contribution in [0.1, 0.15) is 429 Å². The van der Waals surface area contributed by atoms with E-state index in [9.17, 15) is 8.78 Å². The van der Waals surface area contributed by atoms with Gasteiger partial charge in [0.2, 0.25) is 0 Å².